The smallest absolute Gasteiger partial charge is 0.245 e. The van der Waals surface area contributed by atoms with Crippen molar-refractivity contribution in [2.45, 2.75) is 0 Å². The van der Waals surface area contributed by atoms with Crippen molar-refractivity contribution < 1.29 is 22.7 Å². The number of methoxy groups -OCH3 is 2. The summed E-state index contributed by atoms with van der Waals surface area (Å²) in [5.41, 5.74) is 0.898. The van der Waals surface area contributed by atoms with Gasteiger partial charge in [-0.1, -0.05) is 6.07 Å². The quantitative estimate of drug-likeness (QED) is 0.776. The number of anilines is 2. The molecule has 0 aliphatic rings. The number of sulfonamides is 1. The third-order valence-corrected chi connectivity index (χ3v) is 4.77. The van der Waals surface area contributed by atoms with Gasteiger partial charge in [-0.2, -0.15) is 5.26 Å². The topological polar surface area (TPSA) is 109 Å². The van der Waals surface area contributed by atoms with Gasteiger partial charge in [-0.05, 0) is 30.3 Å². The Morgan fingerprint density at radius 3 is 2.52 bits per heavy atom. The molecule has 0 fully saturated rings. The van der Waals surface area contributed by atoms with Crippen molar-refractivity contribution in [2.24, 2.45) is 0 Å². The van der Waals surface area contributed by atoms with E-state index >= 15 is 0 Å². The highest BCUT2D eigenvalue weighted by atomic mass is 32.2. The molecule has 2 aromatic rings. The first-order chi connectivity index (χ1) is 12.8. The van der Waals surface area contributed by atoms with Gasteiger partial charge in [-0.3, -0.25) is 9.10 Å². The van der Waals surface area contributed by atoms with Crippen LogP contribution >= 0.6 is 0 Å². The molecular formula is C18H19N3O5S. The Morgan fingerprint density at radius 2 is 1.93 bits per heavy atom. The molecule has 1 N–H and O–H groups in total. The fraction of sp³-hybridized carbons (Fsp3) is 0.222. The van der Waals surface area contributed by atoms with E-state index in [0.29, 0.717) is 22.7 Å². The van der Waals surface area contributed by atoms with Crippen LogP contribution in [0.3, 0.4) is 0 Å². The van der Waals surface area contributed by atoms with E-state index in [4.69, 9.17) is 14.7 Å². The first kappa shape index (κ1) is 20.1. The van der Waals surface area contributed by atoms with Gasteiger partial charge in [0.05, 0.1) is 43.5 Å². The van der Waals surface area contributed by atoms with E-state index in [9.17, 15) is 13.2 Å². The van der Waals surface area contributed by atoms with Crippen LogP contribution in [0.4, 0.5) is 11.4 Å². The van der Waals surface area contributed by atoms with Crippen LogP contribution in [0.25, 0.3) is 0 Å². The first-order valence-corrected chi connectivity index (χ1v) is 9.63. The summed E-state index contributed by atoms with van der Waals surface area (Å²) in [6, 6.07) is 12.8. The Morgan fingerprint density at radius 1 is 1.19 bits per heavy atom. The fourth-order valence-electron chi connectivity index (χ4n) is 2.35. The number of rotatable bonds is 7. The maximum absolute atomic E-state index is 12.5. The Labute approximate surface area is 158 Å². The maximum atomic E-state index is 12.5. The van der Waals surface area contributed by atoms with Crippen molar-refractivity contribution in [1.29, 1.82) is 5.26 Å². The molecule has 0 unspecified atom stereocenters. The summed E-state index contributed by atoms with van der Waals surface area (Å²) in [7, 11) is -0.793. The molecule has 0 radical (unpaired) electrons. The van der Waals surface area contributed by atoms with Crippen LogP contribution in [0, 0.1) is 11.3 Å². The number of nitriles is 1. The summed E-state index contributed by atoms with van der Waals surface area (Å²) in [6.45, 7) is -0.455. The van der Waals surface area contributed by atoms with Crippen molar-refractivity contribution in [1.82, 2.24) is 0 Å². The number of carbonyl (C=O) groups is 1. The van der Waals surface area contributed by atoms with Crippen LogP contribution in [0.15, 0.2) is 42.5 Å². The monoisotopic (exact) mass is 389 g/mol. The summed E-state index contributed by atoms with van der Waals surface area (Å²) < 4.78 is 35.5. The largest absolute Gasteiger partial charge is 0.497 e. The van der Waals surface area contributed by atoms with Crippen LogP contribution < -0.4 is 19.1 Å². The summed E-state index contributed by atoms with van der Waals surface area (Å²) in [5, 5.41) is 11.6. The molecular weight excluding hydrogens is 370 g/mol. The van der Waals surface area contributed by atoms with E-state index in [1.54, 1.807) is 30.3 Å². The third kappa shape index (κ3) is 5.12. The molecule has 0 atom stereocenters. The highest BCUT2D eigenvalue weighted by molar-refractivity contribution is 7.92. The van der Waals surface area contributed by atoms with Crippen LogP contribution in [-0.2, 0) is 14.8 Å². The third-order valence-electron chi connectivity index (χ3n) is 3.63. The van der Waals surface area contributed by atoms with Gasteiger partial charge in [0.1, 0.15) is 18.0 Å². The fourth-order valence-corrected chi connectivity index (χ4v) is 3.20. The minimum atomic E-state index is -3.74. The molecule has 0 saturated carbocycles. The zero-order valence-electron chi connectivity index (χ0n) is 15.1. The Hall–Kier alpha value is -3.25. The minimum absolute atomic E-state index is 0.230. The molecule has 0 spiro atoms. The van der Waals surface area contributed by atoms with E-state index in [-0.39, 0.29) is 5.69 Å². The average molecular weight is 389 g/mol. The average Bonchev–Trinajstić information content (AvgIpc) is 2.65. The molecule has 142 valence electrons. The van der Waals surface area contributed by atoms with Gasteiger partial charge in [0.15, 0.2) is 0 Å². The second kappa shape index (κ2) is 8.42. The maximum Gasteiger partial charge on any atom is 0.245 e. The van der Waals surface area contributed by atoms with Gasteiger partial charge in [-0.25, -0.2) is 8.42 Å². The first-order valence-electron chi connectivity index (χ1n) is 7.78. The summed E-state index contributed by atoms with van der Waals surface area (Å²) in [6.07, 6.45) is 0.993. The zero-order valence-corrected chi connectivity index (χ0v) is 15.9. The molecule has 27 heavy (non-hydrogen) atoms. The molecule has 0 bridgehead atoms. The molecule has 2 rings (SSSR count). The van der Waals surface area contributed by atoms with E-state index < -0.39 is 22.5 Å². The summed E-state index contributed by atoms with van der Waals surface area (Å²) in [4.78, 5) is 12.5. The molecule has 2 aromatic carbocycles. The van der Waals surface area contributed by atoms with Crippen molar-refractivity contribution in [3.8, 4) is 17.6 Å². The molecule has 0 aliphatic heterocycles. The van der Waals surface area contributed by atoms with Crippen LogP contribution in [0.5, 0.6) is 11.5 Å². The van der Waals surface area contributed by atoms with Crippen LogP contribution in [0.1, 0.15) is 5.56 Å². The number of amides is 1. The van der Waals surface area contributed by atoms with Gasteiger partial charge in [0, 0.05) is 6.07 Å². The number of hydrogen-bond acceptors (Lipinski definition) is 6. The lowest BCUT2D eigenvalue weighted by Gasteiger charge is -2.22. The van der Waals surface area contributed by atoms with E-state index in [0.717, 1.165) is 10.6 Å². The van der Waals surface area contributed by atoms with Gasteiger partial charge in [-0.15, -0.1) is 0 Å². The predicted molar refractivity (Wildman–Crippen MR) is 102 cm³/mol. The number of carbonyl (C=O) groups excluding carboxylic acids is 1. The van der Waals surface area contributed by atoms with Crippen LogP contribution in [-0.4, -0.2) is 41.3 Å². The SMILES string of the molecule is COc1ccc(NC(=O)CN(c2cccc(C#N)c2)S(C)(=O)=O)c(OC)c1. The second-order valence-electron chi connectivity index (χ2n) is 5.55. The highest BCUT2D eigenvalue weighted by Gasteiger charge is 2.22. The molecule has 0 aliphatic carbocycles. The molecule has 0 saturated heterocycles. The molecule has 0 aromatic heterocycles. The molecule has 9 heteroatoms. The number of nitrogens with zero attached hydrogens (tertiary/aromatic N) is 2. The van der Waals surface area contributed by atoms with Crippen molar-refractivity contribution >= 4 is 27.3 Å². The van der Waals surface area contributed by atoms with Crippen molar-refractivity contribution in [3.05, 3.63) is 48.0 Å². The van der Waals surface area contributed by atoms with Gasteiger partial charge in [0.2, 0.25) is 15.9 Å². The number of hydrogen-bond donors (Lipinski definition) is 1. The van der Waals surface area contributed by atoms with Gasteiger partial charge in [0.25, 0.3) is 0 Å². The lowest BCUT2D eigenvalue weighted by Crippen LogP contribution is -2.37. The highest BCUT2D eigenvalue weighted by Crippen LogP contribution is 2.29. The van der Waals surface area contributed by atoms with Gasteiger partial charge < -0.3 is 14.8 Å². The van der Waals surface area contributed by atoms with E-state index in [2.05, 4.69) is 5.32 Å². The number of benzene rings is 2. The second-order valence-corrected chi connectivity index (χ2v) is 7.45. The van der Waals surface area contributed by atoms with Crippen molar-refractivity contribution in [2.75, 3.05) is 36.6 Å². The summed E-state index contributed by atoms with van der Waals surface area (Å²) >= 11 is 0. The molecule has 0 heterocycles. The lowest BCUT2D eigenvalue weighted by molar-refractivity contribution is -0.114. The minimum Gasteiger partial charge on any atom is -0.497 e. The Balaban J connectivity index is 2.26. The standard InChI is InChI=1S/C18H19N3O5S/c1-25-15-7-8-16(17(10-15)26-2)20-18(22)12-21(27(3,23)24)14-6-4-5-13(9-14)11-19/h4-10H,12H2,1-3H3,(H,20,22). The summed E-state index contributed by atoms with van der Waals surface area (Å²) in [5.74, 6) is 0.363. The van der Waals surface area contributed by atoms with Crippen molar-refractivity contribution in [3.63, 3.8) is 0 Å². The van der Waals surface area contributed by atoms with E-state index in [1.807, 2.05) is 6.07 Å². The number of nitrogens with one attached hydrogen (secondary N) is 1. The van der Waals surface area contributed by atoms with Gasteiger partial charge >= 0.3 is 0 Å². The molecule has 1 amide bonds. The lowest BCUT2D eigenvalue weighted by atomic mass is 10.2. The normalized spacial score (nSPS) is 10.6. The van der Waals surface area contributed by atoms with Crippen LogP contribution in [0.2, 0.25) is 0 Å². The Bertz CT molecular complexity index is 983. The number of ether oxygens (including phenoxy) is 2. The zero-order chi connectivity index (χ0) is 20.0. The Kier molecular flexibility index (Phi) is 6.26. The molecule has 8 nitrogen and oxygen atoms in total. The van der Waals surface area contributed by atoms with E-state index in [1.165, 1.54) is 26.4 Å². The predicted octanol–water partition coefficient (Wildman–Crippen LogP) is 1.98.